The van der Waals surface area contributed by atoms with E-state index in [1.165, 1.54) is 13.0 Å². The van der Waals surface area contributed by atoms with Crippen molar-refractivity contribution in [2.75, 3.05) is 19.6 Å². The van der Waals surface area contributed by atoms with Crippen LogP contribution in [0.2, 0.25) is 0 Å². The molecule has 4 nitrogen and oxygen atoms in total. The van der Waals surface area contributed by atoms with Crippen LogP contribution in [0.3, 0.4) is 0 Å². The number of carbonyl (C=O) groups excluding carboxylic acids is 1. The highest BCUT2D eigenvalue weighted by Crippen LogP contribution is 2.13. The summed E-state index contributed by atoms with van der Waals surface area (Å²) in [5, 5.41) is 3.40. The van der Waals surface area contributed by atoms with Crippen molar-refractivity contribution in [2.24, 2.45) is 0 Å². The lowest BCUT2D eigenvalue weighted by Crippen LogP contribution is -2.49. The summed E-state index contributed by atoms with van der Waals surface area (Å²) in [5.74, 6) is -0.150. The summed E-state index contributed by atoms with van der Waals surface area (Å²) in [5.41, 5.74) is -0.405. The van der Waals surface area contributed by atoms with Gasteiger partial charge in [0.25, 0.3) is 0 Å². The Labute approximate surface area is 117 Å². The van der Waals surface area contributed by atoms with E-state index >= 15 is 0 Å². The molecule has 1 fully saturated rings. The SMILES string of the molecule is CCCN1CCC(NC(C)C(=O)OC(C)(C)C)CC1. The first-order valence-corrected chi connectivity index (χ1v) is 7.53. The summed E-state index contributed by atoms with van der Waals surface area (Å²) in [7, 11) is 0. The average molecular weight is 270 g/mol. The molecule has 112 valence electrons. The van der Waals surface area contributed by atoms with Crippen LogP contribution in [0.5, 0.6) is 0 Å². The summed E-state index contributed by atoms with van der Waals surface area (Å²) in [6.45, 7) is 13.3. The highest BCUT2D eigenvalue weighted by Gasteiger charge is 2.25. The van der Waals surface area contributed by atoms with E-state index in [9.17, 15) is 4.79 Å². The monoisotopic (exact) mass is 270 g/mol. The Morgan fingerprint density at radius 2 is 1.95 bits per heavy atom. The summed E-state index contributed by atoms with van der Waals surface area (Å²) < 4.78 is 5.39. The van der Waals surface area contributed by atoms with Crippen molar-refractivity contribution in [1.29, 1.82) is 0 Å². The number of ether oxygens (including phenoxy) is 1. The molecule has 1 atom stereocenters. The molecule has 0 aromatic rings. The first-order valence-electron chi connectivity index (χ1n) is 7.53. The van der Waals surface area contributed by atoms with Gasteiger partial charge in [-0.05, 0) is 66.6 Å². The predicted octanol–water partition coefficient (Wildman–Crippen LogP) is 2.18. The number of piperidine rings is 1. The van der Waals surface area contributed by atoms with Crippen LogP contribution in [0.1, 0.15) is 53.9 Å². The van der Waals surface area contributed by atoms with Crippen molar-refractivity contribution in [2.45, 2.75) is 71.6 Å². The largest absolute Gasteiger partial charge is 0.459 e. The van der Waals surface area contributed by atoms with Gasteiger partial charge in [0.05, 0.1) is 0 Å². The first kappa shape index (κ1) is 16.4. The molecule has 1 aliphatic rings. The molecule has 0 aromatic heterocycles. The van der Waals surface area contributed by atoms with Gasteiger partial charge in [0.1, 0.15) is 11.6 Å². The molecule has 1 heterocycles. The van der Waals surface area contributed by atoms with Gasteiger partial charge in [-0.15, -0.1) is 0 Å². The fourth-order valence-electron chi connectivity index (χ4n) is 2.45. The number of esters is 1. The molecule has 0 aromatic carbocycles. The Kier molecular flexibility index (Phi) is 6.27. The molecule has 0 radical (unpaired) electrons. The molecule has 1 rings (SSSR count). The van der Waals surface area contributed by atoms with Gasteiger partial charge >= 0.3 is 5.97 Å². The zero-order chi connectivity index (χ0) is 14.5. The minimum Gasteiger partial charge on any atom is -0.459 e. The van der Waals surface area contributed by atoms with E-state index in [-0.39, 0.29) is 12.0 Å². The highest BCUT2D eigenvalue weighted by molar-refractivity contribution is 5.75. The van der Waals surface area contributed by atoms with Crippen molar-refractivity contribution >= 4 is 5.97 Å². The maximum absolute atomic E-state index is 11.9. The van der Waals surface area contributed by atoms with Gasteiger partial charge in [0.2, 0.25) is 0 Å². The van der Waals surface area contributed by atoms with Crippen LogP contribution in [0.15, 0.2) is 0 Å². The third kappa shape index (κ3) is 6.39. The Morgan fingerprint density at radius 3 is 2.42 bits per heavy atom. The van der Waals surface area contributed by atoms with Crippen LogP contribution in [0, 0.1) is 0 Å². The summed E-state index contributed by atoms with van der Waals surface area (Å²) in [4.78, 5) is 14.4. The Balaban J connectivity index is 2.30. The van der Waals surface area contributed by atoms with E-state index in [0.717, 1.165) is 25.9 Å². The van der Waals surface area contributed by atoms with Gasteiger partial charge in [-0.1, -0.05) is 6.92 Å². The van der Waals surface area contributed by atoms with Crippen molar-refractivity contribution in [1.82, 2.24) is 10.2 Å². The maximum atomic E-state index is 11.9. The van der Waals surface area contributed by atoms with E-state index < -0.39 is 5.60 Å². The molecule has 1 aliphatic heterocycles. The van der Waals surface area contributed by atoms with Crippen LogP contribution in [0.25, 0.3) is 0 Å². The van der Waals surface area contributed by atoms with Crippen molar-refractivity contribution in [3.8, 4) is 0 Å². The minimum atomic E-state index is -0.405. The van der Waals surface area contributed by atoms with Crippen LogP contribution in [-0.4, -0.2) is 48.2 Å². The zero-order valence-electron chi connectivity index (χ0n) is 13.2. The summed E-state index contributed by atoms with van der Waals surface area (Å²) in [6.07, 6.45) is 3.45. The molecule has 0 saturated carbocycles. The second-order valence-corrected chi connectivity index (χ2v) is 6.54. The number of rotatable bonds is 5. The van der Waals surface area contributed by atoms with E-state index in [0.29, 0.717) is 6.04 Å². The van der Waals surface area contributed by atoms with Crippen molar-refractivity contribution < 1.29 is 9.53 Å². The van der Waals surface area contributed by atoms with Crippen LogP contribution in [0.4, 0.5) is 0 Å². The quantitative estimate of drug-likeness (QED) is 0.778. The van der Waals surface area contributed by atoms with E-state index in [1.54, 1.807) is 0 Å². The molecule has 0 spiro atoms. The van der Waals surface area contributed by atoms with Crippen molar-refractivity contribution in [3.63, 3.8) is 0 Å². The van der Waals surface area contributed by atoms with Gasteiger partial charge in [-0.2, -0.15) is 0 Å². The lowest BCUT2D eigenvalue weighted by Gasteiger charge is -2.33. The number of nitrogens with one attached hydrogen (secondary N) is 1. The van der Waals surface area contributed by atoms with Crippen molar-refractivity contribution in [3.05, 3.63) is 0 Å². The maximum Gasteiger partial charge on any atom is 0.323 e. The second kappa shape index (κ2) is 7.25. The zero-order valence-corrected chi connectivity index (χ0v) is 13.2. The Hall–Kier alpha value is -0.610. The molecule has 1 saturated heterocycles. The lowest BCUT2D eigenvalue weighted by atomic mass is 10.0. The average Bonchev–Trinajstić information content (AvgIpc) is 2.29. The standard InChI is InChI=1S/C15H30N2O2/c1-6-9-17-10-7-13(8-11-17)16-12(2)14(18)19-15(3,4)5/h12-13,16H,6-11H2,1-5H3. The second-order valence-electron chi connectivity index (χ2n) is 6.54. The molecule has 19 heavy (non-hydrogen) atoms. The van der Waals surface area contributed by atoms with Gasteiger partial charge in [-0.3, -0.25) is 4.79 Å². The van der Waals surface area contributed by atoms with E-state index in [2.05, 4.69) is 17.1 Å². The van der Waals surface area contributed by atoms with Gasteiger partial charge in [0, 0.05) is 6.04 Å². The number of likely N-dealkylation sites (tertiary alicyclic amines) is 1. The third-order valence-corrected chi connectivity index (χ3v) is 3.37. The number of carbonyl (C=O) groups is 1. The van der Waals surface area contributed by atoms with E-state index in [1.807, 2.05) is 27.7 Å². The van der Waals surface area contributed by atoms with Crippen LogP contribution >= 0.6 is 0 Å². The van der Waals surface area contributed by atoms with Crippen LogP contribution < -0.4 is 5.32 Å². The fraction of sp³-hybridized carbons (Fsp3) is 0.933. The number of nitrogens with zero attached hydrogens (tertiary/aromatic N) is 1. The van der Waals surface area contributed by atoms with Crippen LogP contribution in [-0.2, 0) is 9.53 Å². The first-order chi connectivity index (χ1) is 8.81. The lowest BCUT2D eigenvalue weighted by molar-refractivity contribution is -0.157. The molecule has 0 bridgehead atoms. The number of hydrogen-bond acceptors (Lipinski definition) is 4. The minimum absolute atomic E-state index is 0.150. The third-order valence-electron chi connectivity index (χ3n) is 3.37. The smallest absolute Gasteiger partial charge is 0.323 e. The normalized spacial score (nSPS) is 20.3. The number of hydrogen-bond donors (Lipinski definition) is 1. The summed E-state index contributed by atoms with van der Waals surface area (Å²) in [6, 6.07) is 0.220. The molecule has 0 amide bonds. The Morgan fingerprint density at radius 1 is 1.37 bits per heavy atom. The molecular formula is C15H30N2O2. The van der Waals surface area contributed by atoms with Gasteiger partial charge < -0.3 is 15.0 Å². The molecule has 1 unspecified atom stereocenters. The topological polar surface area (TPSA) is 41.6 Å². The molecule has 4 heteroatoms. The fourth-order valence-corrected chi connectivity index (χ4v) is 2.45. The summed E-state index contributed by atoms with van der Waals surface area (Å²) >= 11 is 0. The molecular weight excluding hydrogens is 240 g/mol. The highest BCUT2D eigenvalue weighted by atomic mass is 16.6. The van der Waals surface area contributed by atoms with Gasteiger partial charge in [-0.25, -0.2) is 0 Å². The Bertz CT molecular complexity index is 278. The predicted molar refractivity (Wildman–Crippen MR) is 78.2 cm³/mol. The molecule has 0 aliphatic carbocycles. The van der Waals surface area contributed by atoms with E-state index in [4.69, 9.17) is 4.74 Å². The van der Waals surface area contributed by atoms with Gasteiger partial charge in [0.15, 0.2) is 0 Å². The molecule has 1 N–H and O–H groups in total.